The van der Waals surface area contributed by atoms with E-state index in [0.29, 0.717) is 28.1 Å². The predicted octanol–water partition coefficient (Wildman–Crippen LogP) is 4.74. The Bertz CT molecular complexity index is 1300. The van der Waals surface area contributed by atoms with Crippen LogP contribution in [-0.2, 0) is 0 Å². The molecule has 0 aliphatic heterocycles. The third-order valence-corrected chi connectivity index (χ3v) is 4.83. The number of benzene rings is 3. The van der Waals surface area contributed by atoms with Crippen molar-refractivity contribution < 1.29 is 9.18 Å². The van der Waals surface area contributed by atoms with E-state index >= 15 is 0 Å². The zero-order chi connectivity index (χ0) is 20.5. The van der Waals surface area contributed by atoms with Crippen LogP contribution in [0.25, 0.3) is 16.6 Å². The number of hydrogen-bond donors (Lipinski definition) is 1. The molecule has 0 fully saturated rings. The molecule has 5 nitrogen and oxygen atoms in total. The molecule has 0 atom stereocenters. The van der Waals surface area contributed by atoms with E-state index in [1.54, 1.807) is 49.4 Å². The molecule has 1 amide bonds. The monoisotopic (exact) mass is 407 g/mol. The number of aryl methyl sites for hydroxylation is 1. The molecule has 0 bridgehead atoms. The molecule has 4 rings (SSSR count). The Morgan fingerprint density at radius 2 is 1.79 bits per heavy atom. The van der Waals surface area contributed by atoms with Crippen LogP contribution in [0.1, 0.15) is 16.2 Å². The number of amides is 1. The minimum Gasteiger partial charge on any atom is -0.322 e. The molecule has 1 heterocycles. The van der Waals surface area contributed by atoms with Crippen molar-refractivity contribution in [1.29, 1.82) is 0 Å². The molecule has 4 aromatic rings. The van der Waals surface area contributed by atoms with Gasteiger partial charge in [-0.25, -0.2) is 9.37 Å². The van der Waals surface area contributed by atoms with Crippen molar-refractivity contribution in [1.82, 2.24) is 9.55 Å². The maximum atomic E-state index is 13.4. The van der Waals surface area contributed by atoms with Crippen molar-refractivity contribution in [2.24, 2.45) is 0 Å². The molecule has 1 aromatic heterocycles. The lowest BCUT2D eigenvalue weighted by Gasteiger charge is -2.12. The third-order valence-electron chi connectivity index (χ3n) is 4.50. The summed E-state index contributed by atoms with van der Waals surface area (Å²) in [6.45, 7) is 1.76. The molecule has 0 saturated carbocycles. The third kappa shape index (κ3) is 3.62. The van der Waals surface area contributed by atoms with Gasteiger partial charge in [-0.05, 0) is 61.5 Å². The van der Waals surface area contributed by atoms with Crippen molar-refractivity contribution in [3.05, 3.63) is 99.3 Å². The SMILES string of the molecule is Cc1nc2ccccc2c(=O)n1-c1ccc(NC(=O)c2cc(F)ccc2Cl)cc1. The summed E-state index contributed by atoms with van der Waals surface area (Å²) in [6, 6.07) is 17.5. The lowest BCUT2D eigenvalue weighted by Crippen LogP contribution is -2.22. The Kier molecular flexibility index (Phi) is 4.86. The normalized spacial score (nSPS) is 10.9. The standard InChI is InChI=1S/C22H15ClFN3O2/c1-13-25-20-5-3-2-4-17(20)22(29)27(13)16-9-7-15(8-10-16)26-21(28)18-12-14(24)6-11-19(18)23/h2-12H,1H3,(H,26,28). The number of hydrogen-bond acceptors (Lipinski definition) is 3. The number of anilines is 1. The highest BCUT2D eigenvalue weighted by molar-refractivity contribution is 6.34. The maximum Gasteiger partial charge on any atom is 0.265 e. The quantitative estimate of drug-likeness (QED) is 0.533. The number of halogens is 2. The van der Waals surface area contributed by atoms with Crippen LogP contribution in [0.4, 0.5) is 10.1 Å². The second-order valence-corrected chi connectivity index (χ2v) is 6.85. The largest absolute Gasteiger partial charge is 0.322 e. The number of aromatic nitrogens is 2. The summed E-state index contributed by atoms with van der Waals surface area (Å²) in [5, 5.41) is 3.35. The molecule has 144 valence electrons. The van der Waals surface area contributed by atoms with Gasteiger partial charge in [-0.3, -0.25) is 14.2 Å². The van der Waals surface area contributed by atoms with E-state index in [0.717, 1.165) is 6.07 Å². The lowest BCUT2D eigenvalue weighted by atomic mass is 10.2. The highest BCUT2D eigenvalue weighted by Gasteiger charge is 2.13. The fraction of sp³-hybridized carbons (Fsp3) is 0.0455. The Morgan fingerprint density at radius 1 is 1.07 bits per heavy atom. The summed E-state index contributed by atoms with van der Waals surface area (Å²) < 4.78 is 14.9. The molecule has 0 aliphatic carbocycles. The molecule has 0 aliphatic rings. The molecule has 1 N–H and O–H groups in total. The summed E-state index contributed by atoms with van der Waals surface area (Å²) in [6.07, 6.45) is 0. The van der Waals surface area contributed by atoms with Crippen molar-refractivity contribution in [2.45, 2.75) is 6.92 Å². The van der Waals surface area contributed by atoms with Crippen LogP contribution in [0, 0.1) is 12.7 Å². The molecule has 0 unspecified atom stereocenters. The van der Waals surface area contributed by atoms with Gasteiger partial charge in [0.2, 0.25) is 0 Å². The Hall–Kier alpha value is -3.51. The van der Waals surface area contributed by atoms with Crippen molar-refractivity contribution in [2.75, 3.05) is 5.32 Å². The first kappa shape index (κ1) is 18.8. The summed E-state index contributed by atoms with van der Waals surface area (Å²) in [4.78, 5) is 29.7. The van der Waals surface area contributed by atoms with E-state index < -0.39 is 11.7 Å². The average Bonchev–Trinajstić information content (AvgIpc) is 2.71. The zero-order valence-corrected chi connectivity index (χ0v) is 16.1. The van der Waals surface area contributed by atoms with E-state index in [1.165, 1.54) is 16.7 Å². The molecule has 29 heavy (non-hydrogen) atoms. The van der Waals surface area contributed by atoms with Crippen LogP contribution in [0.3, 0.4) is 0 Å². The fourth-order valence-corrected chi connectivity index (χ4v) is 3.31. The number of para-hydroxylation sites is 1. The molecular weight excluding hydrogens is 393 g/mol. The summed E-state index contributed by atoms with van der Waals surface area (Å²) >= 11 is 5.97. The predicted molar refractivity (Wildman–Crippen MR) is 111 cm³/mol. The van der Waals surface area contributed by atoms with Crippen molar-refractivity contribution in [3.8, 4) is 5.69 Å². The van der Waals surface area contributed by atoms with E-state index in [1.807, 2.05) is 6.07 Å². The van der Waals surface area contributed by atoms with Gasteiger partial charge in [-0.2, -0.15) is 0 Å². The summed E-state index contributed by atoms with van der Waals surface area (Å²) in [7, 11) is 0. The first-order valence-corrected chi connectivity index (χ1v) is 9.17. The number of carbonyl (C=O) groups is 1. The van der Waals surface area contributed by atoms with Crippen LogP contribution in [0.2, 0.25) is 5.02 Å². The molecule has 0 radical (unpaired) electrons. The average molecular weight is 408 g/mol. The van der Waals surface area contributed by atoms with E-state index in [-0.39, 0.29) is 16.1 Å². The Labute approximate surface area is 170 Å². The molecule has 3 aromatic carbocycles. The lowest BCUT2D eigenvalue weighted by molar-refractivity contribution is 0.102. The highest BCUT2D eigenvalue weighted by Crippen LogP contribution is 2.20. The van der Waals surface area contributed by atoms with E-state index in [9.17, 15) is 14.0 Å². The molecular formula is C22H15ClFN3O2. The topological polar surface area (TPSA) is 64.0 Å². The van der Waals surface area contributed by atoms with Crippen LogP contribution in [0.15, 0.2) is 71.5 Å². The van der Waals surface area contributed by atoms with Crippen molar-refractivity contribution in [3.63, 3.8) is 0 Å². The van der Waals surface area contributed by atoms with Gasteiger partial charge in [0.15, 0.2) is 0 Å². The van der Waals surface area contributed by atoms with Crippen LogP contribution < -0.4 is 10.9 Å². The first-order chi connectivity index (χ1) is 13.9. The Morgan fingerprint density at radius 3 is 2.55 bits per heavy atom. The van der Waals surface area contributed by atoms with Gasteiger partial charge in [0.25, 0.3) is 11.5 Å². The van der Waals surface area contributed by atoms with Crippen molar-refractivity contribution >= 4 is 34.1 Å². The molecule has 0 spiro atoms. The minimum atomic E-state index is -0.548. The number of rotatable bonds is 3. The van der Waals surface area contributed by atoms with Crippen LogP contribution in [-0.4, -0.2) is 15.5 Å². The van der Waals surface area contributed by atoms with Gasteiger partial charge in [-0.15, -0.1) is 0 Å². The van der Waals surface area contributed by atoms with Gasteiger partial charge in [0.05, 0.1) is 27.2 Å². The minimum absolute atomic E-state index is 0.0431. The van der Waals surface area contributed by atoms with E-state index in [2.05, 4.69) is 10.3 Å². The smallest absolute Gasteiger partial charge is 0.265 e. The van der Waals surface area contributed by atoms with Crippen LogP contribution in [0.5, 0.6) is 0 Å². The maximum absolute atomic E-state index is 13.4. The first-order valence-electron chi connectivity index (χ1n) is 8.79. The summed E-state index contributed by atoms with van der Waals surface area (Å²) in [5.74, 6) is -0.520. The number of nitrogens with one attached hydrogen (secondary N) is 1. The fourth-order valence-electron chi connectivity index (χ4n) is 3.11. The van der Waals surface area contributed by atoms with Gasteiger partial charge in [0.1, 0.15) is 11.6 Å². The summed E-state index contributed by atoms with van der Waals surface area (Å²) in [5.41, 5.74) is 1.62. The Balaban J connectivity index is 1.65. The second-order valence-electron chi connectivity index (χ2n) is 6.44. The molecule has 0 saturated heterocycles. The number of carbonyl (C=O) groups excluding carboxylic acids is 1. The highest BCUT2D eigenvalue weighted by atomic mass is 35.5. The second kappa shape index (κ2) is 7.48. The van der Waals surface area contributed by atoms with Gasteiger partial charge in [0, 0.05) is 5.69 Å². The molecule has 7 heteroatoms. The zero-order valence-electron chi connectivity index (χ0n) is 15.3. The van der Waals surface area contributed by atoms with Gasteiger partial charge >= 0.3 is 0 Å². The van der Waals surface area contributed by atoms with Crippen LogP contribution >= 0.6 is 11.6 Å². The van der Waals surface area contributed by atoms with Gasteiger partial charge < -0.3 is 5.32 Å². The number of fused-ring (bicyclic) bond motifs is 1. The number of nitrogens with zero attached hydrogens (tertiary/aromatic N) is 2. The van der Waals surface area contributed by atoms with E-state index in [4.69, 9.17) is 11.6 Å². The van der Waals surface area contributed by atoms with Gasteiger partial charge in [-0.1, -0.05) is 23.7 Å².